The first-order valence-corrected chi connectivity index (χ1v) is 9.32. The molecule has 0 fully saturated rings. The first-order valence-electron chi connectivity index (χ1n) is 8.94. The van der Waals surface area contributed by atoms with Gasteiger partial charge in [-0.05, 0) is 48.4 Å². The van der Waals surface area contributed by atoms with E-state index in [0.29, 0.717) is 40.7 Å². The van der Waals surface area contributed by atoms with Crippen LogP contribution in [0.1, 0.15) is 30.7 Å². The van der Waals surface area contributed by atoms with Gasteiger partial charge in [-0.1, -0.05) is 23.7 Å². The van der Waals surface area contributed by atoms with Crippen LogP contribution in [0.4, 0.5) is 0 Å². The van der Waals surface area contributed by atoms with Crippen LogP contribution in [-0.4, -0.2) is 5.78 Å². The van der Waals surface area contributed by atoms with E-state index in [-0.39, 0.29) is 17.2 Å². The monoisotopic (exact) mass is 392 g/mol. The van der Waals surface area contributed by atoms with Gasteiger partial charge in [0.05, 0.1) is 5.92 Å². The maximum Gasteiger partial charge on any atom is 0.205 e. The Bertz CT molecular complexity index is 1050. The normalized spacial score (nSPS) is 19.0. The highest BCUT2D eigenvalue weighted by molar-refractivity contribution is 6.30. The number of nitriles is 1. The van der Waals surface area contributed by atoms with Crippen molar-refractivity contribution in [3.05, 3.63) is 81.9 Å². The highest BCUT2D eigenvalue weighted by Gasteiger charge is 2.38. The Morgan fingerprint density at radius 3 is 2.68 bits per heavy atom. The molecule has 140 valence electrons. The van der Waals surface area contributed by atoms with Crippen molar-refractivity contribution in [1.82, 2.24) is 0 Å². The number of carbonyl (C=O) groups is 1. The molecule has 2 aliphatic rings. The Morgan fingerprint density at radius 2 is 1.93 bits per heavy atom. The summed E-state index contributed by atoms with van der Waals surface area (Å²) in [4.78, 5) is 12.6. The van der Waals surface area contributed by atoms with E-state index in [1.54, 1.807) is 24.3 Å². The van der Waals surface area contributed by atoms with E-state index >= 15 is 0 Å². The lowest BCUT2D eigenvalue weighted by Gasteiger charge is -2.31. The van der Waals surface area contributed by atoms with Crippen LogP contribution in [0.3, 0.4) is 0 Å². The summed E-state index contributed by atoms with van der Waals surface area (Å²) in [6.07, 6.45) is 1.80. The van der Waals surface area contributed by atoms with Crippen molar-refractivity contribution in [3.8, 4) is 17.6 Å². The molecular weight excluding hydrogens is 376 g/mol. The Balaban J connectivity index is 1.74. The molecule has 2 aromatic carbocycles. The number of hydrogen-bond acceptors (Lipinski definition) is 5. The minimum Gasteiger partial charge on any atom is -0.457 e. The average Bonchev–Trinajstić information content (AvgIpc) is 2.69. The standard InChI is InChI=1S/C22H17ClN2O3/c23-14-7-9-15(10-8-14)27-16-4-1-3-13(11-16)20-17(12-24)22(25)28-19-6-2-5-18(26)21(19)20/h1,3-4,7-11,20H,2,5-6,25H2. The summed E-state index contributed by atoms with van der Waals surface area (Å²) >= 11 is 5.91. The molecule has 0 saturated heterocycles. The van der Waals surface area contributed by atoms with Gasteiger partial charge in [-0.25, -0.2) is 0 Å². The molecule has 0 spiro atoms. The molecule has 0 saturated carbocycles. The molecular formula is C22H17ClN2O3. The zero-order valence-electron chi connectivity index (χ0n) is 14.9. The molecule has 1 atom stereocenters. The number of Topliss-reactive ketones (excluding diaryl/α,β-unsaturated/α-hetero) is 1. The van der Waals surface area contributed by atoms with Crippen LogP contribution < -0.4 is 10.5 Å². The smallest absolute Gasteiger partial charge is 0.205 e. The molecule has 0 radical (unpaired) electrons. The Morgan fingerprint density at radius 1 is 1.14 bits per heavy atom. The number of benzene rings is 2. The van der Waals surface area contributed by atoms with Crippen molar-refractivity contribution in [1.29, 1.82) is 5.26 Å². The number of carbonyl (C=O) groups excluding carboxylic acids is 1. The van der Waals surface area contributed by atoms with Gasteiger partial charge in [0, 0.05) is 23.4 Å². The lowest BCUT2D eigenvalue weighted by Crippen LogP contribution is -2.27. The summed E-state index contributed by atoms with van der Waals surface area (Å²) in [6.45, 7) is 0. The van der Waals surface area contributed by atoms with Gasteiger partial charge in [0.25, 0.3) is 0 Å². The van der Waals surface area contributed by atoms with Crippen LogP contribution in [0.25, 0.3) is 0 Å². The van der Waals surface area contributed by atoms with Crippen LogP contribution >= 0.6 is 11.6 Å². The molecule has 2 N–H and O–H groups in total. The number of nitrogens with zero attached hydrogens (tertiary/aromatic N) is 1. The largest absolute Gasteiger partial charge is 0.457 e. The highest BCUT2D eigenvalue weighted by atomic mass is 35.5. The van der Waals surface area contributed by atoms with Crippen LogP contribution in [0.5, 0.6) is 11.5 Å². The van der Waals surface area contributed by atoms with Crippen molar-refractivity contribution in [2.75, 3.05) is 0 Å². The number of hydrogen-bond donors (Lipinski definition) is 1. The van der Waals surface area contributed by atoms with Gasteiger partial charge < -0.3 is 15.2 Å². The molecule has 0 aromatic heterocycles. The molecule has 28 heavy (non-hydrogen) atoms. The zero-order valence-corrected chi connectivity index (χ0v) is 15.7. The fraction of sp³-hybridized carbons (Fsp3) is 0.182. The summed E-state index contributed by atoms with van der Waals surface area (Å²) in [5, 5.41) is 10.3. The molecule has 2 aromatic rings. The first kappa shape index (κ1) is 18.1. The Hall–Kier alpha value is -3.23. The first-order chi connectivity index (χ1) is 13.6. The molecule has 4 rings (SSSR count). The second kappa shape index (κ2) is 7.41. The van der Waals surface area contributed by atoms with Gasteiger partial charge in [0.2, 0.25) is 5.88 Å². The predicted molar refractivity (Wildman–Crippen MR) is 105 cm³/mol. The van der Waals surface area contributed by atoms with Crippen LogP contribution in [-0.2, 0) is 9.53 Å². The SMILES string of the molecule is N#CC1=C(N)OC2=C(C(=O)CCC2)C1c1cccc(Oc2ccc(Cl)cc2)c1. The van der Waals surface area contributed by atoms with Crippen molar-refractivity contribution in [2.24, 2.45) is 5.73 Å². The van der Waals surface area contributed by atoms with E-state index in [1.807, 2.05) is 24.3 Å². The topological polar surface area (TPSA) is 85.3 Å². The number of allylic oxidation sites excluding steroid dienone is 3. The van der Waals surface area contributed by atoms with Crippen molar-refractivity contribution in [3.63, 3.8) is 0 Å². The molecule has 6 heteroatoms. The maximum absolute atomic E-state index is 12.6. The third-order valence-corrected chi connectivity index (χ3v) is 5.10. The number of nitrogens with two attached hydrogens (primary N) is 1. The number of rotatable bonds is 3. The van der Waals surface area contributed by atoms with Crippen LogP contribution in [0, 0.1) is 11.3 Å². The van der Waals surface area contributed by atoms with Gasteiger partial charge in [0.15, 0.2) is 5.78 Å². The second-order valence-corrected chi connectivity index (χ2v) is 7.10. The lowest BCUT2D eigenvalue weighted by atomic mass is 9.77. The number of ketones is 1. The summed E-state index contributed by atoms with van der Waals surface area (Å²) in [5.74, 6) is 1.31. The summed E-state index contributed by atoms with van der Waals surface area (Å²) in [5.41, 5.74) is 7.53. The van der Waals surface area contributed by atoms with E-state index in [9.17, 15) is 10.1 Å². The van der Waals surface area contributed by atoms with Gasteiger partial charge in [0.1, 0.15) is 28.9 Å². The van der Waals surface area contributed by atoms with E-state index in [1.165, 1.54) is 0 Å². The molecule has 1 heterocycles. The Kier molecular flexibility index (Phi) is 4.81. The fourth-order valence-electron chi connectivity index (χ4n) is 3.59. The summed E-state index contributed by atoms with van der Waals surface area (Å²) in [7, 11) is 0. The van der Waals surface area contributed by atoms with E-state index in [0.717, 1.165) is 12.0 Å². The maximum atomic E-state index is 12.6. The van der Waals surface area contributed by atoms with Crippen LogP contribution in [0.15, 0.2) is 71.3 Å². The lowest BCUT2D eigenvalue weighted by molar-refractivity contribution is -0.116. The molecule has 1 unspecified atom stereocenters. The van der Waals surface area contributed by atoms with Crippen molar-refractivity contribution in [2.45, 2.75) is 25.2 Å². The average molecular weight is 393 g/mol. The van der Waals surface area contributed by atoms with Gasteiger partial charge in [-0.3, -0.25) is 4.79 Å². The highest BCUT2D eigenvalue weighted by Crippen LogP contribution is 2.44. The predicted octanol–water partition coefficient (Wildman–Crippen LogP) is 4.95. The third kappa shape index (κ3) is 3.35. The minimum atomic E-state index is -0.546. The quantitative estimate of drug-likeness (QED) is 0.798. The summed E-state index contributed by atoms with van der Waals surface area (Å²) < 4.78 is 11.5. The molecule has 1 aliphatic heterocycles. The Labute approximate surface area is 167 Å². The second-order valence-electron chi connectivity index (χ2n) is 6.67. The number of ether oxygens (including phenoxy) is 2. The van der Waals surface area contributed by atoms with Gasteiger partial charge in [-0.2, -0.15) is 5.26 Å². The van der Waals surface area contributed by atoms with Crippen molar-refractivity contribution >= 4 is 17.4 Å². The van der Waals surface area contributed by atoms with E-state index in [2.05, 4.69) is 6.07 Å². The fourth-order valence-corrected chi connectivity index (χ4v) is 3.71. The van der Waals surface area contributed by atoms with E-state index in [4.69, 9.17) is 26.8 Å². The third-order valence-electron chi connectivity index (χ3n) is 4.85. The summed E-state index contributed by atoms with van der Waals surface area (Å²) in [6, 6.07) is 16.5. The van der Waals surface area contributed by atoms with E-state index < -0.39 is 5.92 Å². The molecule has 5 nitrogen and oxygen atoms in total. The van der Waals surface area contributed by atoms with Crippen molar-refractivity contribution < 1.29 is 14.3 Å². The van der Waals surface area contributed by atoms with Crippen LogP contribution in [0.2, 0.25) is 5.02 Å². The minimum absolute atomic E-state index is 0.00415. The molecule has 0 amide bonds. The number of halogens is 1. The molecule has 1 aliphatic carbocycles. The van der Waals surface area contributed by atoms with Gasteiger partial charge in [-0.15, -0.1) is 0 Å². The van der Waals surface area contributed by atoms with Gasteiger partial charge >= 0.3 is 0 Å². The zero-order chi connectivity index (χ0) is 19.7. The molecule has 0 bridgehead atoms.